The van der Waals surface area contributed by atoms with Gasteiger partial charge in [0.2, 0.25) is 5.91 Å². The molecule has 0 aliphatic carbocycles. The van der Waals surface area contributed by atoms with Gasteiger partial charge in [-0.2, -0.15) is 11.8 Å². The van der Waals surface area contributed by atoms with Crippen molar-refractivity contribution in [2.45, 2.75) is 25.0 Å². The maximum absolute atomic E-state index is 11.8. The first-order valence-electron chi connectivity index (χ1n) is 6.34. The van der Waals surface area contributed by atoms with E-state index in [0.29, 0.717) is 19.5 Å². The number of nitrogens with one attached hydrogen (secondary N) is 2. The van der Waals surface area contributed by atoms with Crippen molar-refractivity contribution >= 4 is 17.7 Å². The van der Waals surface area contributed by atoms with Crippen LogP contribution >= 0.6 is 11.8 Å². The molecule has 0 aromatic rings. The molecule has 1 heterocycles. The lowest BCUT2D eigenvalue weighted by molar-refractivity contribution is -0.122. The maximum Gasteiger partial charge on any atom is 0.221 e. The molecule has 0 bridgehead atoms. The van der Waals surface area contributed by atoms with Crippen LogP contribution in [0.15, 0.2) is 0 Å². The van der Waals surface area contributed by atoms with Crippen LogP contribution in [0.5, 0.6) is 0 Å². The fourth-order valence-electron chi connectivity index (χ4n) is 2.07. The van der Waals surface area contributed by atoms with Gasteiger partial charge in [0.25, 0.3) is 0 Å². The second-order valence-electron chi connectivity index (χ2n) is 5.44. The van der Waals surface area contributed by atoms with Crippen LogP contribution in [0, 0.1) is 0 Å². The monoisotopic (exact) mass is 275 g/mol. The summed E-state index contributed by atoms with van der Waals surface area (Å²) in [5.41, 5.74) is -0.881. The summed E-state index contributed by atoms with van der Waals surface area (Å²) < 4.78 is 0. The van der Waals surface area contributed by atoms with Crippen molar-refractivity contribution in [3.63, 3.8) is 0 Å². The van der Waals surface area contributed by atoms with E-state index in [0.717, 1.165) is 18.1 Å². The summed E-state index contributed by atoms with van der Waals surface area (Å²) in [5.74, 6) is 2.12. The van der Waals surface area contributed by atoms with E-state index in [-0.39, 0.29) is 11.9 Å². The molecule has 1 aliphatic rings. The lowest BCUT2D eigenvalue weighted by Gasteiger charge is -2.28. The number of hydrogen-bond donors (Lipinski definition) is 3. The summed E-state index contributed by atoms with van der Waals surface area (Å²) in [6.07, 6.45) is 0.491. The molecule has 6 heteroatoms. The molecular formula is C12H25N3O2S. The summed E-state index contributed by atoms with van der Waals surface area (Å²) in [5, 5.41) is 16.2. The quantitative estimate of drug-likeness (QED) is 0.610. The Hall–Kier alpha value is -0.300. The van der Waals surface area contributed by atoms with Crippen LogP contribution in [0.4, 0.5) is 0 Å². The van der Waals surface area contributed by atoms with E-state index in [9.17, 15) is 9.90 Å². The van der Waals surface area contributed by atoms with E-state index in [2.05, 4.69) is 10.6 Å². The number of carbonyl (C=O) groups excluding carboxylic acids is 1. The number of hydrogen-bond acceptors (Lipinski definition) is 5. The van der Waals surface area contributed by atoms with Crippen molar-refractivity contribution in [3.8, 4) is 0 Å². The molecule has 0 aromatic carbocycles. The van der Waals surface area contributed by atoms with Crippen LogP contribution in [-0.2, 0) is 4.79 Å². The highest BCUT2D eigenvalue weighted by atomic mass is 32.2. The molecule has 1 rings (SSSR count). The van der Waals surface area contributed by atoms with Gasteiger partial charge in [0, 0.05) is 43.6 Å². The van der Waals surface area contributed by atoms with Crippen molar-refractivity contribution in [2.24, 2.45) is 0 Å². The van der Waals surface area contributed by atoms with Crippen LogP contribution < -0.4 is 10.6 Å². The van der Waals surface area contributed by atoms with Crippen LogP contribution in [0.1, 0.15) is 13.3 Å². The Morgan fingerprint density at radius 2 is 2.33 bits per heavy atom. The molecule has 5 nitrogen and oxygen atoms in total. The minimum Gasteiger partial charge on any atom is -0.387 e. The highest BCUT2D eigenvalue weighted by Crippen LogP contribution is 2.10. The lowest BCUT2D eigenvalue weighted by atomic mass is 10.1. The van der Waals surface area contributed by atoms with Gasteiger partial charge in [-0.05, 0) is 21.0 Å². The van der Waals surface area contributed by atoms with Crippen LogP contribution in [0.25, 0.3) is 0 Å². The molecule has 1 fully saturated rings. The number of rotatable bonds is 6. The van der Waals surface area contributed by atoms with Gasteiger partial charge in [0.1, 0.15) is 0 Å². The van der Waals surface area contributed by atoms with Gasteiger partial charge in [-0.15, -0.1) is 0 Å². The SMILES string of the molecule is CN(C)CC(C)(O)CNC(=O)CC1CSCCN1. The predicted molar refractivity (Wildman–Crippen MR) is 75.9 cm³/mol. The number of amides is 1. The van der Waals surface area contributed by atoms with E-state index in [1.54, 1.807) is 6.92 Å². The lowest BCUT2D eigenvalue weighted by Crippen LogP contribution is -2.48. The zero-order valence-corrected chi connectivity index (χ0v) is 12.3. The average Bonchev–Trinajstić information content (AvgIpc) is 2.26. The molecule has 0 aromatic heterocycles. The summed E-state index contributed by atoms with van der Waals surface area (Å²) in [6, 6.07) is 0.266. The maximum atomic E-state index is 11.8. The Balaban J connectivity index is 2.23. The molecule has 0 radical (unpaired) electrons. The molecule has 0 spiro atoms. The highest BCUT2D eigenvalue weighted by Gasteiger charge is 2.23. The van der Waals surface area contributed by atoms with Crippen molar-refractivity contribution in [2.75, 3.05) is 45.2 Å². The Labute approximate surface area is 114 Å². The molecule has 0 saturated carbocycles. The van der Waals surface area contributed by atoms with Gasteiger partial charge >= 0.3 is 0 Å². The van der Waals surface area contributed by atoms with Gasteiger partial charge in [-0.25, -0.2) is 0 Å². The summed E-state index contributed by atoms with van der Waals surface area (Å²) >= 11 is 1.88. The molecule has 3 N–H and O–H groups in total. The first-order chi connectivity index (χ1) is 8.39. The number of carbonyl (C=O) groups is 1. The molecule has 1 amide bonds. The highest BCUT2D eigenvalue weighted by molar-refractivity contribution is 7.99. The van der Waals surface area contributed by atoms with E-state index < -0.39 is 5.60 Å². The minimum absolute atomic E-state index is 0.00836. The van der Waals surface area contributed by atoms with Gasteiger partial charge < -0.3 is 20.6 Å². The van der Waals surface area contributed by atoms with Crippen molar-refractivity contribution < 1.29 is 9.90 Å². The summed E-state index contributed by atoms with van der Waals surface area (Å²) in [4.78, 5) is 13.7. The topological polar surface area (TPSA) is 64.6 Å². The van der Waals surface area contributed by atoms with Crippen molar-refractivity contribution in [1.82, 2.24) is 15.5 Å². The third kappa shape index (κ3) is 6.58. The van der Waals surface area contributed by atoms with Crippen LogP contribution in [0.2, 0.25) is 0 Å². The third-order valence-electron chi connectivity index (χ3n) is 2.75. The Morgan fingerprint density at radius 3 is 2.89 bits per heavy atom. The average molecular weight is 275 g/mol. The molecule has 2 atom stereocenters. The smallest absolute Gasteiger partial charge is 0.221 e. The second-order valence-corrected chi connectivity index (χ2v) is 6.59. The minimum atomic E-state index is -0.881. The van der Waals surface area contributed by atoms with Gasteiger partial charge in [0.05, 0.1) is 5.60 Å². The molecule has 1 saturated heterocycles. The zero-order valence-electron chi connectivity index (χ0n) is 11.5. The molecule has 106 valence electrons. The van der Waals surface area contributed by atoms with Gasteiger partial charge in [-0.3, -0.25) is 4.79 Å². The largest absolute Gasteiger partial charge is 0.387 e. The second kappa shape index (κ2) is 7.33. The number of aliphatic hydroxyl groups is 1. The van der Waals surface area contributed by atoms with E-state index in [4.69, 9.17) is 0 Å². The molecule has 1 aliphatic heterocycles. The van der Waals surface area contributed by atoms with Crippen molar-refractivity contribution in [3.05, 3.63) is 0 Å². The van der Waals surface area contributed by atoms with Gasteiger partial charge in [-0.1, -0.05) is 0 Å². The number of thioether (sulfide) groups is 1. The standard InChI is InChI=1S/C12H25N3O2S/c1-12(17,9-15(2)3)8-14-11(16)6-10-7-18-5-4-13-10/h10,13,17H,4-9H2,1-3H3,(H,14,16). The van der Waals surface area contributed by atoms with Gasteiger partial charge in [0.15, 0.2) is 0 Å². The van der Waals surface area contributed by atoms with Crippen LogP contribution in [0.3, 0.4) is 0 Å². The zero-order chi connectivity index (χ0) is 13.6. The molecule has 2 unspecified atom stereocenters. The van der Waals surface area contributed by atoms with Crippen molar-refractivity contribution in [1.29, 1.82) is 0 Å². The Morgan fingerprint density at radius 1 is 1.61 bits per heavy atom. The Bertz CT molecular complexity index is 266. The number of nitrogens with zero attached hydrogens (tertiary/aromatic N) is 1. The third-order valence-corrected chi connectivity index (χ3v) is 3.88. The molecule has 18 heavy (non-hydrogen) atoms. The van der Waals surface area contributed by atoms with E-state index >= 15 is 0 Å². The first kappa shape index (κ1) is 15.8. The normalized spacial score (nSPS) is 23.7. The Kier molecular flexibility index (Phi) is 6.42. The van der Waals surface area contributed by atoms with Crippen LogP contribution in [-0.4, -0.2) is 72.8 Å². The van der Waals surface area contributed by atoms with E-state index in [1.807, 2.05) is 30.8 Å². The fourth-order valence-corrected chi connectivity index (χ4v) is 3.02. The van der Waals surface area contributed by atoms with E-state index in [1.165, 1.54) is 0 Å². The summed E-state index contributed by atoms with van der Waals surface area (Å²) in [6.45, 7) is 3.54. The predicted octanol–water partition coefficient (Wildman–Crippen LogP) is -0.490. The molecular weight excluding hydrogens is 250 g/mol. The summed E-state index contributed by atoms with van der Waals surface area (Å²) in [7, 11) is 3.80. The number of likely N-dealkylation sites (N-methyl/N-ethyl adjacent to an activating group) is 1. The first-order valence-corrected chi connectivity index (χ1v) is 7.49. The fraction of sp³-hybridized carbons (Fsp3) is 0.917.